The summed E-state index contributed by atoms with van der Waals surface area (Å²) in [5, 5.41) is 3.13. The van der Waals surface area contributed by atoms with Gasteiger partial charge in [0.15, 0.2) is 6.54 Å². The first-order valence-electron chi connectivity index (χ1n) is 8.80. The fraction of sp³-hybridized carbons (Fsp3) is 0.611. The SMILES string of the molecule is C[C@@H]1CCCC[NH+]1CC(=O)Nc1ccccc1N1CCOCC1. The molecule has 2 aliphatic rings. The minimum Gasteiger partial charge on any atom is -0.378 e. The standard InChI is InChI=1S/C18H27N3O2/c1-15-6-4-5-9-21(15)14-18(22)19-16-7-2-3-8-17(16)20-10-12-23-13-11-20/h2-3,7-8,15H,4-6,9-14H2,1H3,(H,19,22)/p+1/t15-/m1/s1. The molecule has 1 unspecified atom stereocenters. The van der Waals surface area contributed by atoms with Crippen LogP contribution in [0.3, 0.4) is 0 Å². The number of hydrogen-bond donors (Lipinski definition) is 2. The molecule has 2 saturated heterocycles. The van der Waals surface area contributed by atoms with Crippen LogP contribution in [-0.2, 0) is 9.53 Å². The van der Waals surface area contributed by atoms with Crippen LogP contribution in [0.15, 0.2) is 24.3 Å². The summed E-state index contributed by atoms with van der Waals surface area (Å²) in [7, 11) is 0. The second-order valence-corrected chi connectivity index (χ2v) is 6.65. The van der Waals surface area contributed by atoms with Crippen LogP contribution in [0, 0.1) is 0 Å². The Hall–Kier alpha value is -1.59. The lowest BCUT2D eigenvalue weighted by Gasteiger charge is -2.31. The van der Waals surface area contributed by atoms with Crippen molar-refractivity contribution >= 4 is 17.3 Å². The van der Waals surface area contributed by atoms with Gasteiger partial charge in [-0.15, -0.1) is 0 Å². The van der Waals surface area contributed by atoms with Crippen LogP contribution in [0.4, 0.5) is 11.4 Å². The fourth-order valence-electron chi connectivity index (χ4n) is 3.58. The molecule has 3 rings (SSSR count). The number of amides is 1. The van der Waals surface area contributed by atoms with E-state index in [0.717, 1.165) is 44.2 Å². The van der Waals surface area contributed by atoms with Crippen molar-refractivity contribution in [2.24, 2.45) is 0 Å². The molecule has 23 heavy (non-hydrogen) atoms. The van der Waals surface area contributed by atoms with Crippen molar-refractivity contribution in [3.8, 4) is 0 Å². The van der Waals surface area contributed by atoms with E-state index < -0.39 is 0 Å². The Bertz CT molecular complexity index is 529. The third kappa shape index (κ3) is 4.24. The van der Waals surface area contributed by atoms with Crippen LogP contribution in [0.2, 0.25) is 0 Å². The highest BCUT2D eigenvalue weighted by Gasteiger charge is 2.24. The maximum absolute atomic E-state index is 12.5. The minimum absolute atomic E-state index is 0.120. The lowest BCUT2D eigenvalue weighted by Crippen LogP contribution is -3.17. The summed E-state index contributed by atoms with van der Waals surface area (Å²) in [6.45, 7) is 7.18. The lowest BCUT2D eigenvalue weighted by atomic mass is 10.0. The minimum atomic E-state index is 0.120. The monoisotopic (exact) mass is 318 g/mol. The first kappa shape index (κ1) is 16.3. The predicted molar refractivity (Wildman–Crippen MR) is 92.1 cm³/mol. The van der Waals surface area contributed by atoms with E-state index in [1.807, 2.05) is 18.2 Å². The number of para-hydroxylation sites is 2. The van der Waals surface area contributed by atoms with Gasteiger partial charge in [0, 0.05) is 13.1 Å². The highest BCUT2D eigenvalue weighted by atomic mass is 16.5. The Kier molecular flexibility index (Phi) is 5.51. The van der Waals surface area contributed by atoms with Crippen molar-refractivity contribution in [1.29, 1.82) is 0 Å². The van der Waals surface area contributed by atoms with E-state index in [2.05, 4.69) is 23.2 Å². The predicted octanol–water partition coefficient (Wildman–Crippen LogP) is 0.919. The molecule has 0 aromatic heterocycles. The molecule has 5 heteroatoms. The topological polar surface area (TPSA) is 46.0 Å². The number of anilines is 2. The number of hydrogen-bond acceptors (Lipinski definition) is 3. The molecule has 1 amide bonds. The largest absolute Gasteiger partial charge is 0.378 e. The van der Waals surface area contributed by atoms with Gasteiger partial charge in [0.2, 0.25) is 0 Å². The summed E-state index contributed by atoms with van der Waals surface area (Å²) in [5.74, 6) is 0.120. The molecule has 0 aliphatic carbocycles. The third-order valence-electron chi connectivity index (χ3n) is 5.00. The number of quaternary nitrogens is 1. The van der Waals surface area contributed by atoms with Crippen molar-refractivity contribution in [3.63, 3.8) is 0 Å². The molecule has 5 nitrogen and oxygen atoms in total. The zero-order valence-electron chi connectivity index (χ0n) is 14.0. The number of nitrogens with one attached hydrogen (secondary N) is 2. The molecule has 2 N–H and O–H groups in total. The molecule has 2 aliphatic heterocycles. The highest BCUT2D eigenvalue weighted by Crippen LogP contribution is 2.26. The molecular formula is C18H28N3O2+. The summed E-state index contributed by atoms with van der Waals surface area (Å²) < 4.78 is 5.42. The summed E-state index contributed by atoms with van der Waals surface area (Å²) in [5.41, 5.74) is 2.02. The van der Waals surface area contributed by atoms with E-state index in [9.17, 15) is 4.79 Å². The maximum Gasteiger partial charge on any atom is 0.279 e. The number of nitrogens with zero attached hydrogens (tertiary/aromatic N) is 1. The smallest absolute Gasteiger partial charge is 0.279 e. The fourth-order valence-corrected chi connectivity index (χ4v) is 3.58. The second kappa shape index (κ2) is 7.79. The lowest BCUT2D eigenvalue weighted by molar-refractivity contribution is -0.920. The average molecular weight is 318 g/mol. The van der Waals surface area contributed by atoms with Gasteiger partial charge < -0.3 is 19.9 Å². The summed E-state index contributed by atoms with van der Waals surface area (Å²) >= 11 is 0. The zero-order chi connectivity index (χ0) is 16.1. The van der Waals surface area contributed by atoms with Crippen LogP contribution in [0.1, 0.15) is 26.2 Å². The van der Waals surface area contributed by atoms with Crippen LogP contribution < -0.4 is 15.1 Å². The van der Waals surface area contributed by atoms with E-state index in [0.29, 0.717) is 12.6 Å². The van der Waals surface area contributed by atoms with E-state index in [1.54, 1.807) is 0 Å². The maximum atomic E-state index is 12.5. The molecule has 0 spiro atoms. The third-order valence-corrected chi connectivity index (χ3v) is 5.00. The van der Waals surface area contributed by atoms with Gasteiger partial charge in [-0.2, -0.15) is 0 Å². The van der Waals surface area contributed by atoms with Crippen molar-refractivity contribution in [2.45, 2.75) is 32.2 Å². The Labute approximate surface area is 138 Å². The number of rotatable bonds is 4. The van der Waals surface area contributed by atoms with Crippen LogP contribution in [-0.4, -0.2) is 51.3 Å². The van der Waals surface area contributed by atoms with Gasteiger partial charge in [0.25, 0.3) is 5.91 Å². The van der Waals surface area contributed by atoms with Crippen LogP contribution in [0.25, 0.3) is 0 Å². The number of likely N-dealkylation sites (tertiary alicyclic amines) is 1. The van der Waals surface area contributed by atoms with Crippen molar-refractivity contribution < 1.29 is 14.4 Å². The molecule has 0 bridgehead atoms. The van der Waals surface area contributed by atoms with Crippen LogP contribution >= 0.6 is 0 Å². The molecule has 2 fully saturated rings. The van der Waals surface area contributed by atoms with Gasteiger partial charge in [-0.25, -0.2) is 0 Å². The Morgan fingerprint density at radius 1 is 1.30 bits per heavy atom. The number of benzene rings is 1. The molecule has 1 aromatic rings. The quantitative estimate of drug-likeness (QED) is 0.868. The van der Waals surface area contributed by atoms with E-state index in [4.69, 9.17) is 4.74 Å². The Balaban J connectivity index is 1.63. The van der Waals surface area contributed by atoms with E-state index in [1.165, 1.54) is 24.2 Å². The highest BCUT2D eigenvalue weighted by molar-refractivity contribution is 5.95. The van der Waals surface area contributed by atoms with E-state index >= 15 is 0 Å². The molecule has 2 atom stereocenters. The first-order chi connectivity index (χ1) is 11.2. The number of ether oxygens (including phenoxy) is 1. The summed E-state index contributed by atoms with van der Waals surface area (Å²) in [6.07, 6.45) is 3.76. The van der Waals surface area contributed by atoms with Gasteiger partial charge in [0.05, 0.1) is 37.2 Å². The van der Waals surface area contributed by atoms with Gasteiger partial charge in [-0.05, 0) is 38.3 Å². The van der Waals surface area contributed by atoms with Gasteiger partial charge in [0.1, 0.15) is 0 Å². The van der Waals surface area contributed by atoms with Gasteiger partial charge in [-0.3, -0.25) is 4.79 Å². The molecule has 1 aromatic carbocycles. The molecule has 0 saturated carbocycles. The molecule has 0 radical (unpaired) electrons. The Morgan fingerprint density at radius 2 is 2.09 bits per heavy atom. The molecular weight excluding hydrogens is 290 g/mol. The number of carbonyl (C=O) groups is 1. The molecule has 2 heterocycles. The normalized spacial score (nSPS) is 25.2. The van der Waals surface area contributed by atoms with Crippen molar-refractivity contribution in [2.75, 3.05) is 49.6 Å². The number of piperidine rings is 1. The average Bonchev–Trinajstić information content (AvgIpc) is 2.58. The zero-order valence-corrected chi connectivity index (χ0v) is 14.0. The van der Waals surface area contributed by atoms with Crippen LogP contribution in [0.5, 0.6) is 0 Å². The van der Waals surface area contributed by atoms with Crippen molar-refractivity contribution in [3.05, 3.63) is 24.3 Å². The summed E-state index contributed by atoms with van der Waals surface area (Å²) in [6, 6.07) is 8.67. The summed E-state index contributed by atoms with van der Waals surface area (Å²) in [4.78, 5) is 16.2. The second-order valence-electron chi connectivity index (χ2n) is 6.65. The van der Waals surface area contributed by atoms with E-state index in [-0.39, 0.29) is 5.91 Å². The molecule has 126 valence electrons. The Morgan fingerprint density at radius 3 is 2.87 bits per heavy atom. The first-order valence-corrected chi connectivity index (χ1v) is 8.80. The van der Waals surface area contributed by atoms with Gasteiger partial charge >= 0.3 is 0 Å². The van der Waals surface area contributed by atoms with Gasteiger partial charge in [-0.1, -0.05) is 12.1 Å². The van der Waals surface area contributed by atoms with Crippen molar-refractivity contribution in [1.82, 2.24) is 0 Å². The number of carbonyl (C=O) groups excluding carboxylic acids is 1. The number of morpholine rings is 1.